The number of imide groups is 1. The number of ether oxygens (including phenoxy) is 1. The Morgan fingerprint density at radius 1 is 1.11 bits per heavy atom. The first-order valence-electron chi connectivity index (χ1n) is 11.5. The standard InChI is InChI=1S/C23H22N4O6S.C3H8/c1-33-21(31)18-13-34-22(25-18)26-20(30)19(11-15-6-3-2-4-7-15)27(14-28)23(32)24-12-16-8-5-9-17(29)10-16;1-3-2/h2-10,13-14,19,29H,11-12H2,1H3,(H,24,32)(H,25,26,30);3H2,1-2H3/t19-;/m0./s1. The van der Waals surface area contributed by atoms with Gasteiger partial charge in [0, 0.05) is 18.3 Å². The molecule has 37 heavy (non-hydrogen) atoms. The topological polar surface area (TPSA) is 138 Å². The molecule has 3 aromatic rings. The van der Waals surface area contributed by atoms with Gasteiger partial charge in [0.2, 0.25) is 12.3 Å². The zero-order valence-corrected chi connectivity index (χ0v) is 21.7. The maximum absolute atomic E-state index is 13.1. The van der Waals surface area contributed by atoms with Crippen molar-refractivity contribution in [2.24, 2.45) is 0 Å². The number of nitrogens with one attached hydrogen (secondary N) is 2. The van der Waals surface area contributed by atoms with Crippen LogP contribution in [0.15, 0.2) is 60.0 Å². The Hall–Kier alpha value is -4.25. The number of benzene rings is 2. The van der Waals surface area contributed by atoms with E-state index in [0.717, 1.165) is 21.8 Å². The Balaban J connectivity index is 0.00000153. The molecule has 3 rings (SSSR count). The van der Waals surface area contributed by atoms with Crippen LogP contribution in [-0.4, -0.2) is 52.5 Å². The number of aromatic hydroxyl groups is 1. The number of carbonyl (C=O) groups is 4. The predicted molar refractivity (Wildman–Crippen MR) is 140 cm³/mol. The zero-order valence-electron chi connectivity index (χ0n) is 20.8. The third-order valence-corrected chi connectivity index (χ3v) is 5.50. The van der Waals surface area contributed by atoms with Crippen molar-refractivity contribution in [3.63, 3.8) is 0 Å². The van der Waals surface area contributed by atoms with Crippen molar-refractivity contribution in [3.05, 3.63) is 76.8 Å². The summed E-state index contributed by atoms with van der Waals surface area (Å²) >= 11 is 1.01. The average molecular weight is 527 g/mol. The minimum atomic E-state index is -1.20. The van der Waals surface area contributed by atoms with Gasteiger partial charge in [-0.1, -0.05) is 62.7 Å². The highest BCUT2D eigenvalue weighted by atomic mass is 32.1. The number of hydrogen-bond acceptors (Lipinski definition) is 8. The van der Waals surface area contributed by atoms with Gasteiger partial charge >= 0.3 is 12.0 Å². The Morgan fingerprint density at radius 3 is 2.41 bits per heavy atom. The third kappa shape index (κ3) is 9.04. The highest BCUT2D eigenvalue weighted by Gasteiger charge is 2.31. The van der Waals surface area contributed by atoms with Crippen LogP contribution in [-0.2, 0) is 27.3 Å². The van der Waals surface area contributed by atoms with E-state index in [-0.39, 0.29) is 36.0 Å². The van der Waals surface area contributed by atoms with Crippen molar-refractivity contribution in [1.29, 1.82) is 0 Å². The molecule has 11 heteroatoms. The molecule has 4 amide bonds. The SMILES string of the molecule is CCC.COC(=O)c1csc(NC(=O)[C@H](Cc2ccccc2)N(C=O)C(=O)NCc2cccc(O)c2)n1. The molecule has 2 aromatic carbocycles. The highest BCUT2D eigenvalue weighted by Crippen LogP contribution is 2.18. The molecule has 0 fully saturated rings. The second-order valence-corrected chi connectivity index (χ2v) is 8.63. The fraction of sp³-hybridized carbons (Fsp3) is 0.269. The molecular weight excluding hydrogens is 496 g/mol. The summed E-state index contributed by atoms with van der Waals surface area (Å²) in [6, 6.07) is 13.2. The molecule has 0 unspecified atom stereocenters. The van der Waals surface area contributed by atoms with E-state index in [2.05, 4.69) is 34.2 Å². The second-order valence-electron chi connectivity index (χ2n) is 7.77. The second kappa shape index (κ2) is 15.0. The van der Waals surface area contributed by atoms with E-state index in [1.54, 1.807) is 36.4 Å². The van der Waals surface area contributed by atoms with Gasteiger partial charge in [-0.3, -0.25) is 14.5 Å². The summed E-state index contributed by atoms with van der Waals surface area (Å²) in [5.74, 6) is -1.28. The van der Waals surface area contributed by atoms with E-state index in [1.165, 1.54) is 31.0 Å². The van der Waals surface area contributed by atoms with Crippen LogP contribution in [0.5, 0.6) is 5.75 Å². The van der Waals surface area contributed by atoms with Crippen LogP contribution in [0.2, 0.25) is 0 Å². The smallest absolute Gasteiger partial charge is 0.357 e. The molecule has 0 radical (unpaired) electrons. The maximum Gasteiger partial charge on any atom is 0.357 e. The number of phenols is 1. The van der Waals surface area contributed by atoms with Crippen LogP contribution in [0.3, 0.4) is 0 Å². The van der Waals surface area contributed by atoms with Crippen molar-refractivity contribution >= 4 is 40.8 Å². The van der Waals surface area contributed by atoms with E-state index >= 15 is 0 Å². The molecule has 0 aliphatic carbocycles. The van der Waals surface area contributed by atoms with Crippen LogP contribution < -0.4 is 10.6 Å². The van der Waals surface area contributed by atoms with E-state index in [1.807, 2.05) is 6.07 Å². The van der Waals surface area contributed by atoms with Gasteiger partial charge in [-0.2, -0.15) is 0 Å². The molecule has 0 aliphatic heterocycles. The number of aromatic nitrogens is 1. The number of nitrogens with zero attached hydrogens (tertiary/aromatic N) is 2. The molecular formula is C26H30N4O6S. The Kier molecular flexibility index (Phi) is 11.7. The molecule has 0 saturated heterocycles. The molecule has 1 heterocycles. The monoisotopic (exact) mass is 526 g/mol. The van der Waals surface area contributed by atoms with Gasteiger partial charge in [-0.25, -0.2) is 14.6 Å². The summed E-state index contributed by atoms with van der Waals surface area (Å²) < 4.78 is 4.61. The number of amides is 4. The molecule has 3 N–H and O–H groups in total. The molecule has 0 saturated carbocycles. The summed E-state index contributed by atoms with van der Waals surface area (Å²) in [5, 5.41) is 16.3. The van der Waals surface area contributed by atoms with Crippen molar-refractivity contribution in [2.45, 2.75) is 39.3 Å². The molecule has 0 spiro atoms. The largest absolute Gasteiger partial charge is 0.508 e. The van der Waals surface area contributed by atoms with E-state index in [0.29, 0.717) is 5.56 Å². The lowest BCUT2D eigenvalue weighted by Gasteiger charge is -2.26. The van der Waals surface area contributed by atoms with Gasteiger partial charge in [0.25, 0.3) is 0 Å². The lowest BCUT2D eigenvalue weighted by Crippen LogP contribution is -2.51. The van der Waals surface area contributed by atoms with Crippen LogP contribution in [0.25, 0.3) is 0 Å². The lowest BCUT2D eigenvalue weighted by atomic mass is 10.0. The Labute approximate surface area is 219 Å². The molecule has 0 bridgehead atoms. The van der Waals surface area contributed by atoms with Gasteiger partial charge in [-0.05, 0) is 23.3 Å². The minimum absolute atomic E-state index is 0.0264. The highest BCUT2D eigenvalue weighted by molar-refractivity contribution is 7.14. The van der Waals surface area contributed by atoms with Gasteiger partial charge in [-0.15, -0.1) is 11.3 Å². The summed E-state index contributed by atoms with van der Waals surface area (Å²) in [5.41, 5.74) is 1.37. The van der Waals surface area contributed by atoms with Crippen LogP contribution in [0.4, 0.5) is 9.93 Å². The molecule has 196 valence electrons. The molecule has 1 aromatic heterocycles. The number of carbonyl (C=O) groups excluding carboxylic acids is 4. The third-order valence-electron chi connectivity index (χ3n) is 4.74. The normalized spacial score (nSPS) is 10.8. The molecule has 1 atom stereocenters. The first-order valence-corrected chi connectivity index (χ1v) is 12.4. The van der Waals surface area contributed by atoms with Crippen molar-refractivity contribution < 1.29 is 29.0 Å². The summed E-state index contributed by atoms with van der Waals surface area (Å²) in [7, 11) is 1.22. The van der Waals surface area contributed by atoms with Gasteiger partial charge in [0.1, 0.15) is 11.8 Å². The fourth-order valence-electron chi connectivity index (χ4n) is 3.07. The summed E-state index contributed by atoms with van der Waals surface area (Å²) in [6.07, 6.45) is 1.59. The van der Waals surface area contributed by atoms with Gasteiger partial charge in [0.05, 0.1) is 7.11 Å². The lowest BCUT2D eigenvalue weighted by molar-refractivity contribution is -0.127. The predicted octanol–water partition coefficient (Wildman–Crippen LogP) is 3.97. The zero-order chi connectivity index (χ0) is 27.2. The quantitative estimate of drug-likeness (QED) is 0.283. The number of rotatable bonds is 9. The van der Waals surface area contributed by atoms with Crippen molar-refractivity contribution in [1.82, 2.24) is 15.2 Å². The Morgan fingerprint density at radius 2 is 1.78 bits per heavy atom. The van der Waals surface area contributed by atoms with E-state index in [4.69, 9.17) is 0 Å². The summed E-state index contributed by atoms with van der Waals surface area (Å²) in [6.45, 7) is 4.28. The minimum Gasteiger partial charge on any atom is -0.508 e. The van der Waals surface area contributed by atoms with E-state index < -0.39 is 23.9 Å². The summed E-state index contributed by atoms with van der Waals surface area (Å²) in [4.78, 5) is 54.2. The first-order chi connectivity index (χ1) is 17.8. The number of urea groups is 1. The first kappa shape index (κ1) is 29.0. The number of esters is 1. The molecule has 0 aliphatic rings. The average Bonchev–Trinajstić information content (AvgIpc) is 3.36. The number of phenolic OH excluding ortho intramolecular Hbond substituents is 1. The number of anilines is 1. The maximum atomic E-state index is 13.1. The fourth-order valence-corrected chi connectivity index (χ4v) is 3.75. The van der Waals surface area contributed by atoms with Crippen LogP contribution in [0.1, 0.15) is 41.9 Å². The molecule has 10 nitrogen and oxygen atoms in total. The van der Waals surface area contributed by atoms with Crippen molar-refractivity contribution in [2.75, 3.05) is 12.4 Å². The number of hydrogen-bond donors (Lipinski definition) is 3. The Bertz CT molecular complexity index is 1180. The van der Waals surface area contributed by atoms with Crippen LogP contribution in [0, 0.1) is 0 Å². The van der Waals surface area contributed by atoms with Gasteiger partial charge < -0.3 is 20.5 Å². The van der Waals surface area contributed by atoms with Crippen LogP contribution >= 0.6 is 11.3 Å². The van der Waals surface area contributed by atoms with E-state index in [9.17, 15) is 24.3 Å². The number of thiazole rings is 1. The van der Waals surface area contributed by atoms with Crippen molar-refractivity contribution in [3.8, 4) is 5.75 Å². The number of methoxy groups -OCH3 is 1. The van der Waals surface area contributed by atoms with Gasteiger partial charge in [0.15, 0.2) is 10.8 Å².